The second kappa shape index (κ2) is 7.65. The van der Waals surface area contributed by atoms with E-state index in [9.17, 15) is 4.79 Å². The first kappa shape index (κ1) is 15.3. The molecule has 1 rings (SSSR count). The number of hydrogen-bond acceptors (Lipinski definition) is 5. The fourth-order valence-corrected chi connectivity index (χ4v) is 1.46. The van der Waals surface area contributed by atoms with Gasteiger partial charge in [0.15, 0.2) is 0 Å². The van der Waals surface area contributed by atoms with Crippen molar-refractivity contribution in [3.05, 3.63) is 23.9 Å². The molecule has 4 N–H and O–H groups in total. The molecule has 1 amide bonds. The quantitative estimate of drug-likeness (QED) is 0.492. The van der Waals surface area contributed by atoms with Gasteiger partial charge in [0.25, 0.3) is 0 Å². The van der Waals surface area contributed by atoms with Gasteiger partial charge in [-0.05, 0) is 19.1 Å². The van der Waals surface area contributed by atoms with E-state index in [0.717, 1.165) is 0 Å². The lowest BCUT2D eigenvalue weighted by atomic mass is 10.2. The SMILES string of the molecule is COCCNC(=O)C(C)Nc1ccc(C(N)=S)cn1. The summed E-state index contributed by atoms with van der Waals surface area (Å²) < 4.78 is 4.85. The largest absolute Gasteiger partial charge is 0.389 e. The van der Waals surface area contributed by atoms with Crippen LogP contribution in [0.2, 0.25) is 0 Å². The highest BCUT2D eigenvalue weighted by Crippen LogP contribution is 2.06. The summed E-state index contributed by atoms with van der Waals surface area (Å²) >= 11 is 4.84. The third-order valence-corrected chi connectivity index (χ3v) is 2.65. The summed E-state index contributed by atoms with van der Waals surface area (Å²) in [6.07, 6.45) is 1.57. The van der Waals surface area contributed by atoms with E-state index in [2.05, 4.69) is 15.6 Å². The van der Waals surface area contributed by atoms with E-state index in [1.54, 1.807) is 32.4 Å². The van der Waals surface area contributed by atoms with E-state index in [4.69, 9.17) is 22.7 Å². The molecule has 0 saturated carbocycles. The van der Waals surface area contributed by atoms with Crippen LogP contribution in [0.25, 0.3) is 0 Å². The van der Waals surface area contributed by atoms with E-state index < -0.39 is 0 Å². The van der Waals surface area contributed by atoms with E-state index in [1.165, 1.54) is 0 Å². The maximum Gasteiger partial charge on any atom is 0.242 e. The first-order valence-corrected chi connectivity index (χ1v) is 6.24. The molecule has 0 saturated heterocycles. The minimum atomic E-state index is -0.389. The summed E-state index contributed by atoms with van der Waals surface area (Å²) in [5.41, 5.74) is 6.17. The number of methoxy groups -OCH3 is 1. The van der Waals surface area contributed by atoms with E-state index in [-0.39, 0.29) is 11.9 Å². The molecule has 1 aromatic rings. The highest BCUT2D eigenvalue weighted by molar-refractivity contribution is 7.80. The van der Waals surface area contributed by atoms with Crippen molar-refractivity contribution in [3.63, 3.8) is 0 Å². The van der Waals surface area contributed by atoms with Crippen LogP contribution in [0.3, 0.4) is 0 Å². The molecule has 1 unspecified atom stereocenters. The Bertz CT molecular complexity index is 436. The fourth-order valence-electron chi connectivity index (χ4n) is 1.34. The summed E-state index contributed by atoms with van der Waals surface area (Å²) in [5, 5.41) is 5.72. The number of anilines is 1. The average Bonchev–Trinajstić information content (AvgIpc) is 2.39. The second-order valence-electron chi connectivity index (χ2n) is 3.95. The number of carbonyl (C=O) groups is 1. The zero-order valence-electron chi connectivity index (χ0n) is 11.0. The predicted octanol–water partition coefficient (Wildman–Crippen LogP) is 0.279. The van der Waals surface area contributed by atoms with Crippen molar-refractivity contribution in [3.8, 4) is 0 Å². The van der Waals surface area contributed by atoms with Crippen LogP contribution >= 0.6 is 12.2 Å². The van der Waals surface area contributed by atoms with Crippen LogP contribution in [0, 0.1) is 0 Å². The monoisotopic (exact) mass is 282 g/mol. The number of hydrogen-bond donors (Lipinski definition) is 3. The molecule has 6 nitrogen and oxygen atoms in total. The molecule has 19 heavy (non-hydrogen) atoms. The van der Waals surface area contributed by atoms with Crippen molar-refractivity contribution in [1.82, 2.24) is 10.3 Å². The lowest BCUT2D eigenvalue weighted by Crippen LogP contribution is -2.39. The van der Waals surface area contributed by atoms with Gasteiger partial charge in [-0.3, -0.25) is 4.79 Å². The zero-order valence-corrected chi connectivity index (χ0v) is 11.8. The van der Waals surface area contributed by atoms with Crippen LogP contribution in [0.4, 0.5) is 5.82 Å². The molecule has 7 heteroatoms. The van der Waals surface area contributed by atoms with Gasteiger partial charge in [-0.1, -0.05) is 12.2 Å². The summed E-state index contributed by atoms with van der Waals surface area (Å²) in [7, 11) is 1.58. The number of nitrogens with zero attached hydrogens (tertiary/aromatic N) is 1. The third kappa shape index (κ3) is 5.19. The van der Waals surface area contributed by atoms with Crippen LogP contribution < -0.4 is 16.4 Å². The molecular formula is C12H18N4O2S. The Kier molecular flexibility index (Phi) is 6.17. The van der Waals surface area contributed by atoms with Crippen molar-refractivity contribution < 1.29 is 9.53 Å². The Balaban J connectivity index is 2.49. The molecule has 1 aromatic heterocycles. The van der Waals surface area contributed by atoms with E-state index in [1.807, 2.05) is 0 Å². The maximum absolute atomic E-state index is 11.7. The average molecular weight is 282 g/mol. The Morgan fingerprint density at radius 1 is 1.58 bits per heavy atom. The highest BCUT2D eigenvalue weighted by Gasteiger charge is 2.12. The molecule has 1 heterocycles. The third-order valence-electron chi connectivity index (χ3n) is 2.41. The Morgan fingerprint density at radius 3 is 2.84 bits per heavy atom. The second-order valence-corrected chi connectivity index (χ2v) is 4.39. The molecule has 104 valence electrons. The van der Waals surface area contributed by atoms with Gasteiger partial charge in [-0.25, -0.2) is 4.98 Å². The fraction of sp³-hybridized carbons (Fsp3) is 0.417. The van der Waals surface area contributed by atoms with Crippen LogP contribution in [0.1, 0.15) is 12.5 Å². The summed E-state index contributed by atoms with van der Waals surface area (Å²) in [4.78, 5) is 16.1. The number of ether oxygens (including phenoxy) is 1. The molecule has 0 bridgehead atoms. The lowest BCUT2D eigenvalue weighted by Gasteiger charge is -2.14. The van der Waals surface area contributed by atoms with Crippen molar-refractivity contribution in [2.24, 2.45) is 5.73 Å². The van der Waals surface area contributed by atoms with Crippen LogP contribution in [-0.4, -0.2) is 42.2 Å². The number of pyridine rings is 1. The zero-order chi connectivity index (χ0) is 14.3. The summed E-state index contributed by atoms with van der Waals surface area (Å²) in [6.45, 7) is 2.72. The number of rotatable bonds is 7. The topological polar surface area (TPSA) is 89.3 Å². The van der Waals surface area contributed by atoms with Gasteiger partial charge in [-0.15, -0.1) is 0 Å². The maximum atomic E-state index is 11.7. The number of thiocarbonyl (C=S) groups is 1. The Morgan fingerprint density at radius 2 is 2.32 bits per heavy atom. The van der Waals surface area contributed by atoms with Crippen molar-refractivity contribution >= 4 is 28.9 Å². The predicted molar refractivity (Wildman–Crippen MR) is 78.1 cm³/mol. The Hall–Kier alpha value is -1.73. The minimum Gasteiger partial charge on any atom is -0.389 e. The number of carbonyl (C=O) groups excluding carboxylic acids is 1. The van der Waals surface area contributed by atoms with Crippen LogP contribution in [0.15, 0.2) is 18.3 Å². The van der Waals surface area contributed by atoms with E-state index in [0.29, 0.717) is 29.5 Å². The standard InChI is InChI=1S/C12H18N4O2S/c1-8(12(17)14-5-6-18-2)16-10-4-3-9(7-15-10)11(13)19/h3-4,7-8H,5-6H2,1-2H3,(H2,13,19)(H,14,17)(H,15,16). The first-order chi connectivity index (χ1) is 9.04. The van der Waals surface area contributed by atoms with Crippen LogP contribution in [0.5, 0.6) is 0 Å². The van der Waals surface area contributed by atoms with Gasteiger partial charge >= 0.3 is 0 Å². The molecule has 0 aliphatic rings. The summed E-state index contributed by atoms with van der Waals surface area (Å²) in [5.74, 6) is 0.478. The molecule has 0 fully saturated rings. The molecule has 0 aliphatic carbocycles. The minimum absolute atomic E-state index is 0.114. The van der Waals surface area contributed by atoms with Gasteiger partial charge in [0.2, 0.25) is 5.91 Å². The summed E-state index contributed by atoms with van der Waals surface area (Å²) in [6, 6.07) is 3.10. The van der Waals surface area contributed by atoms with Crippen molar-refractivity contribution in [2.45, 2.75) is 13.0 Å². The molecule has 0 spiro atoms. The lowest BCUT2D eigenvalue weighted by molar-refractivity contribution is -0.121. The number of nitrogens with two attached hydrogens (primary N) is 1. The normalized spacial score (nSPS) is 11.7. The number of nitrogens with one attached hydrogen (secondary N) is 2. The van der Waals surface area contributed by atoms with Crippen molar-refractivity contribution in [2.75, 3.05) is 25.6 Å². The highest BCUT2D eigenvalue weighted by atomic mass is 32.1. The molecule has 0 aliphatic heterocycles. The molecule has 1 atom stereocenters. The molecular weight excluding hydrogens is 264 g/mol. The molecule has 0 aromatic carbocycles. The van der Waals surface area contributed by atoms with Gasteiger partial charge < -0.3 is 21.1 Å². The van der Waals surface area contributed by atoms with Gasteiger partial charge in [0.1, 0.15) is 16.8 Å². The Labute approximate surface area is 117 Å². The number of aromatic nitrogens is 1. The van der Waals surface area contributed by atoms with Crippen LogP contribution in [-0.2, 0) is 9.53 Å². The van der Waals surface area contributed by atoms with Crippen molar-refractivity contribution in [1.29, 1.82) is 0 Å². The number of amides is 1. The smallest absolute Gasteiger partial charge is 0.242 e. The first-order valence-electron chi connectivity index (χ1n) is 5.83. The van der Waals surface area contributed by atoms with Gasteiger partial charge in [-0.2, -0.15) is 0 Å². The van der Waals surface area contributed by atoms with Gasteiger partial charge in [0.05, 0.1) is 6.61 Å². The van der Waals surface area contributed by atoms with E-state index >= 15 is 0 Å². The van der Waals surface area contributed by atoms with Gasteiger partial charge in [0, 0.05) is 25.4 Å². The molecule has 0 radical (unpaired) electrons.